The molecule has 5 nitrogen and oxygen atoms in total. The second-order valence-corrected chi connectivity index (χ2v) is 8.71. The first-order valence-electron chi connectivity index (χ1n) is 6.77. The smallest absolute Gasteiger partial charge is 0.244 e. The molecule has 2 aromatic rings. The topological polar surface area (TPSA) is 66.5 Å². The normalized spacial score (nSPS) is 11.6. The van der Waals surface area contributed by atoms with Crippen LogP contribution in [0.5, 0.6) is 0 Å². The molecule has 0 fully saturated rings. The van der Waals surface area contributed by atoms with Gasteiger partial charge in [0.05, 0.1) is 22.3 Å². The average molecular weight is 442 g/mol. The number of anilines is 1. The summed E-state index contributed by atoms with van der Waals surface area (Å²) < 4.78 is 26.0. The Kier molecular flexibility index (Phi) is 6.59. The van der Waals surface area contributed by atoms with Crippen molar-refractivity contribution in [1.29, 1.82) is 0 Å². The van der Waals surface area contributed by atoms with Crippen molar-refractivity contribution >= 4 is 68.0 Å². The Labute approximate surface area is 165 Å². The van der Waals surface area contributed by atoms with Gasteiger partial charge in [0.25, 0.3) is 0 Å². The van der Waals surface area contributed by atoms with Crippen LogP contribution in [0, 0.1) is 0 Å². The lowest BCUT2D eigenvalue weighted by molar-refractivity contribution is -0.116. The number of carbonyl (C=O) groups is 1. The van der Waals surface area contributed by atoms with Crippen molar-refractivity contribution in [2.45, 2.75) is 4.90 Å². The van der Waals surface area contributed by atoms with E-state index < -0.39 is 22.5 Å². The van der Waals surface area contributed by atoms with Crippen molar-refractivity contribution in [3.05, 3.63) is 56.5 Å². The van der Waals surface area contributed by atoms with E-state index in [-0.39, 0.29) is 20.0 Å². The Balaban J connectivity index is 2.16. The van der Waals surface area contributed by atoms with Crippen molar-refractivity contribution in [3.8, 4) is 0 Å². The van der Waals surface area contributed by atoms with Crippen LogP contribution >= 0.6 is 46.4 Å². The van der Waals surface area contributed by atoms with E-state index in [0.29, 0.717) is 10.7 Å². The van der Waals surface area contributed by atoms with Crippen molar-refractivity contribution in [2.75, 3.05) is 18.9 Å². The van der Waals surface area contributed by atoms with E-state index in [9.17, 15) is 13.2 Å². The summed E-state index contributed by atoms with van der Waals surface area (Å²) in [6.45, 7) is -0.440. The minimum absolute atomic E-state index is 0.0115. The lowest BCUT2D eigenvalue weighted by Gasteiger charge is -2.18. The maximum Gasteiger partial charge on any atom is 0.244 e. The average Bonchev–Trinajstić information content (AvgIpc) is 2.52. The summed E-state index contributed by atoms with van der Waals surface area (Å²) >= 11 is 23.5. The Bertz CT molecular complexity index is 919. The molecule has 134 valence electrons. The lowest BCUT2D eigenvalue weighted by atomic mass is 10.3. The first kappa shape index (κ1) is 20.3. The molecule has 0 saturated heterocycles. The number of hydrogen-bond donors (Lipinski definition) is 1. The molecule has 25 heavy (non-hydrogen) atoms. The van der Waals surface area contributed by atoms with Crippen LogP contribution in [0.3, 0.4) is 0 Å². The largest absolute Gasteiger partial charge is 0.324 e. The number of amides is 1. The number of sulfonamides is 1. The van der Waals surface area contributed by atoms with Crippen molar-refractivity contribution in [1.82, 2.24) is 4.31 Å². The minimum atomic E-state index is -3.99. The molecule has 0 aliphatic carbocycles. The summed E-state index contributed by atoms with van der Waals surface area (Å²) in [6.07, 6.45) is 0. The summed E-state index contributed by atoms with van der Waals surface area (Å²) in [5, 5.41) is 3.41. The standard InChI is InChI=1S/C15H12Cl4N2O3S/c1-21(25(23,24)14-7-10(17)2-4-11(14)18)8-15(22)20-13-5-3-9(16)6-12(13)19/h2-7H,8H2,1H3,(H,20,22). The molecule has 0 aliphatic heterocycles. The molecule has 2 rings (SSSR count). The molecule has 0 heterocycles. The van der Waals surface area contributed by atoms with Crippen molar-refractivity contribution in [2.24, 2.45) is 0 Å². The molecule has 0 aromatic heterocycles. The monoisotopic (exact) mass is 440 g/mol. The number of likely N-dealkylation sites (N-methyl/N-ethyl adjacent to an activating group) is 1. The van der Waals surface area contributed by atoms with E-state index in [1.807, 2.05) is 0 Å². The molecule has 0 aliphatic rings. The fraction of sp³-hybridized carbons (Fsp3) is 0.133. The zero-order chi connectivity index (χ0) is 18.8. The van der Waals surface area contributed by atoms with Gasteiger partial charge in [0.1, 0.15) is 4.90 Å². The molecule has 0 unspecified atom stereocenters. The van der Waals surface area contributed by atoms with Crippen molar-refractivity contribution < 1.29 is 13.2 Å². The molecule has 0 bridgehead atoms. The third-order valence-electron chi connectivity index (χ3n) is 3.15. The van der Waals surface area contributed by atoms with Gasteiger partial charge in [-0.2, -0.15) is 4.31 Å². The van der Waals surface area contributed by atoms with Gasteiger partial charge in [0, 0.05) is 17.1 Å². The highest BCUT2D eigenvalue weighted by Crippen LogP contribution is 2.28. The van der Waals surface area contributed by atoms with Crippen LogP contribution in [0.4, 0.5) is 5.69 Å². The number of rotatable bonds is 5. The van der Waals surface area contributed by atoms with Gasteiger partial charge in [-0.15, -0.1) is 0 Å². The first-order valence-corrected chi connectivity index (χ1v) is 9.73. The molecule has 2 aromatic carbocycles. The summed E-state index contributed by atoms with van der Waals surface area (Å²) in [5.41, 5.74) is 0.322. The molecule has 1 amide bonds. The van der Waals surface area contributed by atoms with Crippen molar-refractivity contribution in [3.63, 3.8) is 0 Å². The fourth-order valence-corrected chi connectivity index (χ4v) is 4.23. The Morgan fingerprint density at radius 3 is 2.24 bits per heavy atom. The van der Waals surface area contributed by atoms with Crippen LogP contribution < -0.4 is 5.32 Å². The fourth-order valence-electron chi connectivity index (χ4n) is 1.91. The molecule has 0 atom stereocenters. The quantitative estimate of drug-likeness (QED) is 0.739. The highest BCUT2D eigenvalue weighted by molar-refractivity contribution is 7.89. The first-order chi connectivity index (χ1) is 11.6. The summed E-state index contributed by atoms with van der Waals surface area (Å²) in [4.78, 5) is 11.9. The second-order valence-electron chi connectivity index (χ2n) is 5.01. The van der Waals surface area contributed by atoms with E-state index in [2.05, 4.69) is 5.32 Å². The van der Waals surface area contributed by atoms with Gasteiger partial charge in [0.15, 0.2) is 0 Å². The van der Waals surface area contributed by atoms with E-state index in [1.54, 1.807) is 6.07 Å². The van der Waals surface area contributed by atoms with Crippen LogP contribution in [0.15, 0.2) is 41.3 Å². The number of hydrogen-bond acceptors (Lipinski definition) is 3. The van der Waals surface area contributed by atoms with Gasteiger partial charge in [-0.05, 0) is 36.4 Å². The second kappa shape index (κ2) is 8.12. The molecular weight excluding hydrogens is 430 g/mol. The van der Waals surface area contributed by atoms with Gasteiger partial charge in [0.2, 0.25) is 15.9 Å². The number of carbonyl (C=O) groups excluding carboxylic acids is 1. The maximum absolute atomic E-state index is 12.6. The summed E-state index contributed by atoms with van der Waals surface area (Å²) in [5.74, 6) is -0.576. The molecular formula is C15H12Cl4N2O3S. The predicted octanol–water partition coefficient (Wildman–Crippen LogP) is 4.56. The molecule has 10 heteroatoms. The van der Waals surface area contributed by atoms with Crippen LogP contribution in [-0.4, -0.2) is 32.2 Å². The summed E-state index contributed by atoms with van der Waals surface area (Å²) in [6, 6.07) is 8.60. The Hall–Kier alpha value is -1.02. The Morgan fingerprint density at radius 2 is 1.60 bits per heavy atom. The summed E-state index contributed by atoms with van der Waals surface area (Å²) in [7, 11) is -2.73. The molecule has 0 saturated carbocycles. The van der Waals surface area contributed by atoms with E-state index in [0.717, 1.165) is 4.31 Å². The molecule has 1 N–H and O–H groups in total. The zero-order valence-electron chi connectivity index (χ0n) is 12.8. The van der Waals surface area contributed by atoms with Gasteiger partial charge in [-0.1, -0.05) is 46.4 Å². The van der Waals surface area contributed by atoms with E-state index >= 15 is 0 Å². The number of benzene rings is 2. The van der Waals surface area contributed by atoms with Crippen LogP contribution in [0.25, 0.3) is 0 Å². The highest BCUT2D eigenvalue weighted by Gasteiger charge is 2.26. The number of halogens is 4. The van der Waals surface area contributed by atoms with E-state index in [1.165, 1.54) is 37.4 Å². The number of nitrogens with one attached hydrogen (secondary N) is 1. The van der Waals surface area contributed by atoms with Crippen LogP contribution in [-0.2, 0) is 14.8 Å². The number of nitrogens with zero attached hydrogens (tertiary/aromatic N) is 1. The lowest BCUT2D eigenvalue weighted by Crippen LogP contribution is -2.35. The predicted molar refractivity (Wildman–Crippen MR) is 101 cm³/mol. The van der Waals surface area contributed by atoms with Gasteiger partial charge < -0.3 is 5.32 Å². The van der Waals surface area contributed by atoms with Crippen LogP contribution in [0.2, 0.25) is 20.1 Å². The van der Waals surface area contributed by atoms with Gasteiger partial charge in [-0.25, -0.2) is 8.42 Å². The van der Waals surface area contributed by atoms with E-state index in [4.69, 9.17) is 46.4 Å². The van der Waals surface area contributed by atoms with Gasteiger partial charge in [-0.3, -0.25) is 4.79 Å². The van der Waals surface area contributed by atoms with Gasteiger partial charge >= 0.3 is 0 Å². The molecule has 0 radical (unpaired) electrons. The maximum atomic E-state index is 12.6. The highest BCUT2D eigenvalue weighted by atomic mass is 35.5. The van der Waals surface area contributed by atoms with Crippen LogP contribution in [0.1, 0.15) is 0 Å². The SMILES string of the molecule is CN(CC(=O)Nc1ccc(Cl)cc1Cl)S(=O)(=O)c1cc(Cl)ccc1Cl. The Morgan fingerprint density at radius 1 is 1.00 bits per heavy atom. The zero-order valence-corrected chi connectivity index (χ0v) is 16.6. The minimum Gasteiger partial charge on any atom is -0.324 e. The third kappa shape index (κ3) is 5.00. The third-order valence-corrected chi connectivity index (χ3v) is 6.22. The molecule has 0 spiro atoms.